The third-order valence-corrected chi connectivity index (χ3v) is 4.10. The summed E-state index contributed by atoms with van der Waals surface area (Å²) in [7, 11) is 0. The molecule has 0 saturated heterocycles. The summed E-state index contributed by atoms with van der Waals surface area (Å²) >= 11 is 6.01. The number of nitrogens with zero attached hydrogens (tertiary/aromatic N) is 2. The monoisotopic (exact) mass is 362 g/mol. The van der Waals surface area contributed by atoms with Crippen LogP contribution in [0.2, 0.25) is 5.15 Å². The molecule has 1 heterocycles. The van der Waals surface area contributed by atoms with E-state index in [9.17, 15) is 9.59 Å². The van der Waals surface area contributed by atoms with Crippen LogP contribution in [0.1, 0.15) is 45.0 Å². The SMILES string of the molecule is CC(C)N(C(=O)[C@@H](C)OC(=O)c1cc(Cl)nc2ccccc12)C(C)C. The largest absolute Gasteiger partial charge is 0.449 e. The quantitative estimate of drug-likeness (QED) is 0.594. The number of benzene rings is 1. The van der Waals surface area contributed by atoms with Gasteiger partial charge < -0.3 is 9.64 Å². The minimum absolute atomic E-state index is 0.0184. The van der Waals surface area contributed by atoms with Crippen LogP contribution in [0.15, 0.2) is 30.3 Å². The summed E-state index contributed by atoms with van der Waals surface area (Å²) in [6, 6.07) is 8.67. The van der Waals surface area contributed by atoms with E-state index in [1.807, 2.05) is 39.8 Å². The number of para-hydroxylation sites is 1. The molecule has 5 nitrogen and oxygen atoms in total. The normalized spacial score (nSPS) is 12.5. The van der Waals surface area contributed by atoms with Crippen molar-refractivity contribution in [3.8, 4) is 0 Å². The van der Waals surface area contributed by atoms with Gasteiger partial charge in [-0.05, 0) is 46.8 Å². The van der Waals surface area contributed by atoms with Gasteiger partial charge in [-0.15, -0.1) is 0 Å². The Balaban J connectivity index is 2.26. The average Bonchev–Trinajstić information content (AvgIpc) is 2.53. The lowest BCUT2D eigenvalue weighted by Gasteiger charge is -2.32. The smallest absolute Gasteiger partial charge is 0.339 e. The first-order valence-corrected chi connectivity index (χ1v) is 8.68. The Morgan fingerprint density at radius 2 is 1.68 bits per heavy atom. The van der Waals surface area contributed by atoms with E-state index in [0.29, 0.717) is 16.5 Å². The first kappa shape index (κ1) is 19.2. The number of pyridine rings is 1. The highest BCUT2D eigenvalue weighted by Gasteiger charge is 2.28. The number of hydrogen-bond acceptors (Lipinski definition) is 4. The van der Waals surface area contributed by atoms with Gasteiger partial charge in [-0.2, -0.15) is 0 Å². The van der Waals surface area contributed by atoms with Crippen LogP contribution in [0.25, 0.3) is 10.9 Å². The maximum Gasteiger partial charge on any atom is 0.339 e. The number of aromatic nitrogens is 1. The number of fused-ring (bicyclic) bond motifs is 1. The van der Waals surface area contributed by atoms with Gasteiger partial charge in [0.1, 0.15) is 5.15 Å². The lowest BCUT2D eigenvalue weighted by Crippen LogP contribution is -2.47. The molecule has 1 amide bonds. The number of amides is 1. The Kier molecular flexibility index (Phi) is 6.01. The second-order valence-corrected chi connectivity index (χ2v) is 6.88. The number of hydrogen-bond donors (Lipinski definition) is 0. The van der Waals surface area contributed by atoms with Crippen LogP contribution in [-0.2, 0) is 9.53 Å². The molecule has 1 atom stereocenters. The molecule has 0 saturated carbocycles. The van der Waals surface area contributed by atoms with Crippen molar-refractivity contribution in [1.29, 1.82) is 0 Å². The van der Waals surface area contributed by atoms with Crippen molar-refractivity contribution in [2.75, 3.05) is 0 Å². The van der Waals surface area contributed by atoms with E-state index in [1.165, 1.54) is 6.07 Å². The van der Waals surface area contributed by atoms with Crippen LogP contribution in [-0.4, -0.2) is 39.9 Å². The molecule has 134 valence electrons. The molecule has 2 rings (SSSR count). The summed E-state index contributed by atoms with van der Waals surface area (Å²) in [5, 5.41) is 0.844. The number of halogens is 1. The highest BCUT2D eigenvalue weighted by Crippen LogP contribution is 2.22. The molecule has 0 aliphatic carbocycles. The standard InChI is InChI=1S/C19H23ClN2O3/c1-11(2)22(12(3)4)18(23)13(5)25-19(24)15-10-17(20)21-16-9-7-6-8-14(15)16/h6-13H,1-5H3/t13-/m1/s1. The van der Waals surface area contributed by atoms with Gasteiger partial charge in [-0.25, -0.2) is 9.78 Å². The molecule has 25 heavy (non-hydrogen) atoms. The minimum Gasteiger partial charge on any atom is -0.449 e. The number of ether oxygens (including phenoxy) is 1. The zero-order valence-corrected chi connectivity index (χ0v) is 15.9. The fourth-order valence-electron chi connectivity index (χ4n) is 2.90. The Morgan fingerprint density at radius 3 is 2.28 bits per heavy atom. The van der Waals surface area contributed by atoms with E-state index in [2.05, 4.69) is 4.98 Å². The molecule has 2 aromatic rings. The van der Waals surface area contributed by atoms with E-state index >= 15 is 0 Å². The summed E-state index contributed by atoms with van der Waals surface area (Å²) in [4.78, 5) is 31.1. The summed E-state index contributed by atoms with van der Waals surface area (Å²) in [5.74, 6) is -0.809. The fourth-order valence-corrected chi connectivity index (χ4v) is 3.10. The second kappa shape index (κ2) is 7.83. The predicted molar refractivity (Wildman–Crippen MR) is 98.7 cm³/mol. The Hall–Kier alpha value is -2.14. The van der Waals surface area contributed by atoms with Gasteiger partial charge in [0.05, 0.1) is 11.1 Å². The molecule has 1 aromatic carbocycles. The van der Waals surface area contributed by atoms with Crippen LogP contribution in [0.4, 0.5) is 0 Å². The third-order valence-electron chi connectivity index (χ3n) is 3.90. The summed E-state index contributed by atoms with van der Waals surface area (Å²) in [5.41, 5.74) is 0.905. The van der Waals surface area contributed by atoms with Crippen molar-refractivity contribution in [3.63, 3.8) is 0 Å². The maximum atomic E-state index is 12.6. The Bertz CT molecular complexity index is 781. The number of rotatable bonds is 5. The maximum absolute atomic E-state index is 12.6. The first-order chi connectivity index (χ1) is 11.7. The van der Waals surface area contributed by atoms with Crippen LogP contribution >= 0.6 is 11.6 Å². The van der Waals surface area contributed by atoms with Crippen molar-refractivity contribution in [3.05, 3.63) is 41.0 Å². The van der Waals surface area contributed by atoms with Gasteiger partial charge in [0.25, 0.3) is 5.91 Å². The van der Waals surface area contributed by atoms with Crippen molar-refractivity contribution >= 4 is 34.4 Å². The van der Waals surface area contributed by atoms with Gasteiger partial charge in [0, 0.05) is 17.5 Å². The number of carbonyl (C=O) groups excluding carboxylic acids is 2. The predicted octanol–water partition coefficient (Wildman–Crippen LogP) is 4.08. The van der Waals surface area contributed by atoms with Crippen molar-refractivity contribution < 1.29 is 14.3 Å². The average molecular weight is 363 g/mol. The number of carbonyl (C=O) groups is 2. The van der Waals surface area contributed by atoms with Gasteiger partial charge in [0.2, 0.25) is 0 Å². The topological polar surface area (TPSA) is 59.5 Å². The lowest BCUT2D eigenvalue weighted by atomic mass is 10.1. The second-order valence-electron chi connectivity index (χ2n) is 6.49. The highest BCUT2D eigenvalue weighted by molar-refractivity contribution is 6.30. The van der Waals surface area contributed by atoms with E-state index < -0.39 is 12.1 Å². The molecule has 1 aromatic heterocycles. The summed E-state index contributed by atoms with van der Waals surface area (Å²) in [6.07, 6.45) is -0.886. The van der Waals surface area contributed by atoms with E-state index in [-0.39, 0.29) is 23.1 Å². The molecular weight excluding hydrogens is 340 g/mol. The Labute approximate surface area is 152 Å². The molecule has 0 aliphatic rings. The molecule has 0 N–H and O–H groups in total. The van der Waals surface area contributed by atoms with E-state index in [4.69, 9.17) is 16.3 Å². The highest BCUT2D eigenvalue weighted by atomic mass is 35.5. The first-order valence-electron chi connectivity index (χ1n) is 8.30. The van der Waals surface area contributed by atoms with Crippen molar-refractivity contribution in [2.24, 2.45) is 0 Å². The molecule has 0 bridgehead atoms. The van der Waals surface area contributed by atoms with Crippen molar-refractivity contribution in [2.45, 2.75) is 52.8 Å². The molecule has 0 spiro atoms. The zero-order valence-electron chi connectivity index (χ0n) is 15.1. The van der Waals surface area contributed by atoms with Gasteiger partial charge in [-0.1, -0.05) is 29.8 Å². The lowest BCUT2D eigenvalue weighted by molar-refractivity contribution is -0.143. The molecule has 6 heteroatoms. The third kappa shape index (κ3) is 4.28. The van der Waals surface area contributed by atoms with Crippen LogP contribution in [0, 0.1) is 0 Å². The van der Waals surface area contributed by atoms with Gasteiger partial charge in [-0.3, -0.25) is 4.79 Å². The van der Waals surface area contributed by atoms with Crippen molar-refractivity contribution in [1.82, 2.24) is 9.88 Å². The Morgan fingerprint density at radius 1 is 1.08 bits per heavy atom. The van der Waals surface area contributed by atoms with Crippen LogP contribution < -0.4 is 0 Å². The zero-order chi connectivity index (χ0) is 18.7. The van der Waals surface area contributed by atoms with Gasteiger partial charge in [0.15, 0.2) is 6.10 Å². The molecule has 0 fully saturated rings. The van der Waals surface area contributed by atoms with Gasteiger partial charge >= 0.3 is 5.97 Å². The summed E-state index contributed by atoms with van der Waals surface area (Å²) < 4.78 is 5.43. The molecule has 0 radical (unpaired) electrons. The molecule has 0 aliphatic heterocycles. The molecular formula is C19H23ClN2O3. The fraction of sp³-hybridized carbons (Fsp3) is 0.421. The van der Waals surface area contributed by atoms with Crippen LogP contribution in [0.3, 0.4) is 0 Å². The summed E-state index contributed by atoms with van der Waals surface area (Å²) in [6.45, 7) is 9.32. The minimum atomic E-state index is -0.886. The number of esters is 1. The van der Waals surface area contributed by atoms with E-state index in [0.717, 1.165) is 0 Å². The van der Waals surface area contributed by atoms with Crippen LogP contribution in [0.5, 0.6) is 0 Å². The molecule has 0 unspecified atom stereocenters. The van der Waals surface area contributed by atoms with E-state index in [1.54, 1.807) is 24.0 Å².